The minimum Gasteiger partial charge on any atom is -0.435 e. The van der Waals surface area contributed by atoms with Crippen molar-refractivity contribution < 1.29 is 13.5 Å². The molecular formula is C13H7Cl3F2O. The van der Waals surface area contributed by atoms with Gasteiger partial charge in [-0.2, -0.15) is 8.78 Å². The molecule has 2 rings (SSSR count). The Kier molecular flexibility index (Phi) is 4.50. The lowest BCUT2D eigenvalue weighted by Crippen LogP contribution is -2.01. The quantitative estimate of drug-likeness (QED) is 0.681. The molecule has 0 radical (unpaired) electrons. The van der Waals surface area contributed by atoms with E-state index in [1.807, 2.05) is 0 Å². The summed E-state index contributed by atoms with van der Waals surface area (Å²) in [5, 5.41) is 1.09. The zero-order chi connectivity index (χ0) is 14.0. The average molecular weight is 324 g/mol. The van der Waals surface area contributed by atoms with Gasteiger partial charge in [-0.05, 0) is 30.3 Å². The number of halogens is 5. The predicted molar refractivity (Wildman–Crippen MR) is 73.5 cm³/mol. The average Bonchev–Trinajstić information content (AvgIpc) is 2.30. The molecule has 0 bridgehead atoms. The van der Waals surface area contributed by atoms with Gasteiger partial charge in [0.1, 0.15) is 5.75 Å². The molecule has 0 spiro atoms. The van der Waals surface area contributed by atoms with Gasteiger partial charge in [0.25, 0.3) is 0 Å². The van der Waals surface area contributed by atoms with E-state index in [-0.39, 0.29) is 10.8 Å². The first-order valence-corrected chi connectivity index (χ1v) is 6.31. The van der Waals surface area contributed by atoms with Crippen molar-refractivity contribution in [2.75, 3.05) is 0 Å². The van der Waals surface area contributed by atoms with Crippen LogP contribution in [0.4, 0.5) is 8.78 Å². The molecule has 100 valence electrons. The molecule has 0 aliphatic rings. The van der Waals surface area contributed by atoms with E-state index in [0.717, 1.165) is 0 Å². The molecule has 0 fully saturated rings. The summed E-state index contributed by atoms with van der Waals surface area (Å²) in [5.41, 5.74) is 1.11. The fourth-order valence-corrected chi connectivity index (χ4v) is 2.50. The van der Waals surface area contributed by atoms with Gasteiger partial charge in [0.2, 0.25) is 0 Å². The molecule has 0 saturated heterocycles. The van der Waals surface area contributed by atoms with Gasteiger partial charge in [-0.25, -0.2) is 0 Å². The van der Waals surface area contributed by atoms with Crippen LogP contribution in [-0.4, -0.2) is 6.61 Å². The second-order valence-corrected chi connectivity index (χ2v) is 4.84. The highest BCUT2D eigenvalue weighted by atomic mass is 35.5. The van der Waals surface area contributed by atoms with Gasteiger partial charge < -0.3 is 4.74 Å². The third-order valence-electron chi connectivity index (χ3n) is 2.40. The Morgan fingerprint density at radius 1 is 0.895 bits per heavy atom. The molecule has 0 saturated carbocycles. The second kappa shape index (κ2) is 5.95. The zero-order valence-electron chi connectivity index (χ0n) is 9.34. The molecule has 0 aliphatic carbocycles. The lowest BCUT2D eigenvalue weighted by Gasteiger charge is -2.11. The van der Waals surface area contributed by atoms with Crippen LogP contribution in [0.3, 0.4) is 0 Å². The first-order chi connectivity index (χ1) is 8.99. The maximum absolute atomic E-state index is 12.1. The van der Waals surface area contributed by atoms with Crippen molar-refractivity contribution in [3.05, 3.63) is 51.5 Å². The maximum atomic E-state index is 12.1. The van der Waals surface area contributed by atoms with Crippen molar-refractivity contribution in [1.29, 1.82) is 0 Å². The second-order valence-electron chi connectivity index (χ2n) is 3.62. The summed E-state index contributed by atoms with van der Waals surface area (Å²) in [6, 6.07) is 9.25. The molecule has 0 atom stereocenters. The molecule has 1 nitrogen and oxygen atoms in total. The summed E-state index contributed by atoms with van der Waals surface area (Å²) in [5.74, 6) is -0.0214. The largest absolute Gasteiger partial charge is 0.435 e. The summed E-state index contributed by atoms with van der Waals surface area (Å²) >= 11 is 18.2. The highest BCUT2D eigenvalue weighted by Crippen LogP contribution is 2.39. The lowest BCUT2D eigenvalue weighted by molar-refractivity contribution is -0.0498. The molecule has 0 unspecified atom stereocenters. The summed E-state index contributed by atoms with van der Waals surface area (Å²) < 4.78 is 28.5. The van der Waals surface area contributed by atoms with E-state index < -0.39 is 6.61 Å². The lowest BCUT2D eigenvalue weighted by atomic mass is 10.1. The Labute approximate surface area is 123 Å². The molecule has 2 aromatic rings. The Morgan fingerprint density at radius 3 is 2.05 bits per heavy atom. The highest BCUT2D eigenvalue weighted by Gasteiger charge is 2.13. The SMILES string of the molecule is FC(F)Oc1ccc(-c2c(Cl)cccc2Cl)c(Cl)c1. The van der Waals surface area contributed by atoms with Gasteiger partial charge in [0, 0.05) is 21.2 Å². The molecular weight excluding hydrogens is 316 g/mol. The molecule has 2 aromatic carbocycles. The van der Waals surface area contributed by atoms with Gasteiger partial charge in [-0.3, -0.25) is 0 Å². The Bertz CT molecular complexity index is 582. The van der Waals surface area contributed by atoms with Gasteiger partial charge in [-0.15, -0.1) is 0 Å². The van der Waals surface area contributed by atoms with E-state index in [9.17, 15) is 8.78 Å². The zero-order valence-corrected chi connectivity index (χ0v) is 11.6. The smallest absolute Gasteiger partial charge is 0.387 e. The fraction of sp³-hybridized carbons (Fsp3) is 0.0769. The highest BCUT2D eigenvalue weighted by molar-refractivity contribution is 6.41. The third-order valence-corrected chi connectivity index (χ3v) is 3.34. The van der Waals surface area contributed by atoms with Crippen LogP contribution in [0.15, 0.2) is 36.4 Å². The van der Waals surface area contributed by atoms with E-state index in [2.05, 4.69) is 4.74 Å². The van der Waals surface area contributed by atoms with E-state index in [0.29, 0.717) is 21.2 Å². The fourth-order valence-electron chi connectivity index (χ4n) is 1.63. The first kappa shape index (κ1) is 14.4. The normalized spacial score (nSPS) is 10.8. The number of hydrogen-bond acceptors (Lipinski definition) is 1. The van der Waals surface area contributed by atoms with Crippen molar-refractivity contribution in [3.63, 3.8) is 0 Å². The summed E-state index contributed by atoms with van der Waals surface area (Å²) in [6.07, 6.45) is 0. The molecule has 0 amide bonds. The topological polar surface area (TPSA) is 9.23 Å². The monoisotopic (exact) mass is 322 g/mol. The molecule has 0 heterocycles. The van der Waals surface area contributed by atoms with Crippen LogP contribution < -0.4 is 4.74 Å². The van der Waals surface area contributed by atoms with Crippen molar-refractivity contribution in [3.8, 4) is 16.9 Å². The maximum Gasteiger partial charge on any atom is 0.387 e. The minimum atomic E-state index is -2.90. The Hall–Kier alpha value is -1.03. The molecule has 0 N–H and O–H groups in total. The van der Waals surface area contributed by atoms with E-state index in [1.54, 1.807) is 18.2 Å². The molecule has 0 aliphatic heterocycles. The number of alkyl halides is 2. The van der Waals surface area contributed by atoms with Crippen molar-refractivity contribution in [1.82, 2.24) is 0 Å². The van der Waals surface area contributed by atoms with Gasteiger partial charge in [-0.1, -0.05) is 40.9 Å². The van der Waals surface area contributed by atoms with Crippen molar-refractivity contribution in [2.45, 2.75) is 6.61 Å². The van der Waals surface area contributed by atoms with Crippen LogP contribution in [0, 0.1) is 0 Å². The van der Waals surface area contributed by atoms with Crippen LogP contribution >= 0.6 is 34.8 Å². The van der Waals surface area contributed by atoms with Gasteiger partial charge in [0.05, 0.1) is 5.02 Å². The number of rotatable bonds is 3. The van der Waals surface area contributed by atoms with Crippen LogP contribution in [0.25, 0.3) is 11.1 Å². The van der Waals surface area contributed by atoms with E-state index in [4.69, 9.17) is 34.8 Å². The molecule has 6 heteroatoms. The van der Waals surface area contributed by atoms with Crippen LogP contribution in [0.1, 0.15) is 0 Å². The predicted octanol–water partition coefficient (Wildman–Crippen LogP) is 5.92. The Balaban J connectivity index is 2.47. The first-order valence-electron chi connectivity index (χ1n) is 5.18. The van der Waals surface area contributed by atoms with Crippen LogP contribution in [0.5, 0.6) is 5.75 Å². The summed E-state index contributed by atoms with van der Waals surface area (Å²) in [4.78, 5) is 0. The molecule has 0 aromatic heterocycles. The molecule has 19 heavy (non-hydrogen) atoms. The van der Waals surface area contributed by atoms with Gasteiger partial charge >= 0.3 is 6.61 Å². The number of ether oxygens (including phenoxy) is 1. The standard InChI is InChI=1S/C13H7Cl3F2O/c14-9-2-1-3-10(15)12(9)8-5-4-7(6-11(8)16)19-13(17)18/h1-6,13H. The summed E-state index contributed by atoms with van der Waals surface area (Å²) in [7, 11) is 0. The number of hydrogen-bond donors (Lipinski definition) is 0. The number of benzene rings is 2. The van der Waals surface area contributed by atoms with Gasteiger partial charge in [0.15, 0.2) is 0 Å². The Morgan fingerprint density at radius 2 is 1.53 bits per heavy atom. The van der Waals surface area contributed by atoms with Crippen LogP contribution in [0.2, 0.25) is 15.1 Å². The minimum absolute atomic E-state index is 0.0214. The van der Waals surface area contributed by atoms with E-state index >= 15 is 0 Å². The van der Waals surface area contributed by atoms with Crippen molar-refractivity contribution in [2.24, 2.45) is 0 Å². The van der Waals surface area contributed by atoms with Crippen molar-refractivity contribution >= 4 is 34.8 Å². The summed E-state index contributed by atoms with van der Waals surface area (Å²) in [6.45, 7) is -2.90. The van der Waals surface area contributed by atoms with E-state index in [1.165, 1.54) is 18.2 Å². The third kappa shape index (κ3) is 3.30. The van der Waals surface area contributed by atoms with Crippen LogP contribution in [-0.2, 0) is 0 Å².